The lowest BCUT2D eigenvalue weighted by Gasteiger charge is -2.23. The zero-order valence-corrected chi connectivity index (χ0v) is 18.9. The van der Waals surface area contributed by atoms with Gasteiger partial charge in [-0.15, -0.1) is 0 Å². The maximum atomic E-state index is 13.1. The monoisotopic (exact) mass is 447 g/mol. The molecule has 8 nitrogen and oxygen atoms in total. The molecule has 0 spiro atoms. The SMILES string of the molecule is CCCCCN(C(=O)NC(=O)Nc1ccccc1OCC)S(=O)(=O)c1ccc(C)cc1. The van der Waals surface area contributed by atoms with Crippen LogP contribution in [0.25, 0.3) is 0 Å². The molecule has 9 heteroatoms. The van der Waals surface area contributed by atoms with Gasteiger partial charge >= 0.3 is 12.1 Å². The summed E-state index contributed by atoms with van der Waals surface area (Å²) < 4.78 is 32.3. The number of rotatable bonds is 9. The van der Waals surface area contributed by atoms with Crippen molar-refractivity contribution in [1.82, 2.24) is 9.62 Å². The molecule has 31 heavy (non-hydrogen) atoms. The largest absolute Gasteiger partial charge is 0.492 e. The van der Waals surface area contributed by atoms with Crippen molar-refractivity contribution in [3.05, 3.63) is 54.1 Å². The average molecular weight is 448 g/mol. The van der Waals surface area contributed by atoms with Crippen molar-refractivity contribution in [1.29, 1.82) is 0 Å². The van der Waals surface area contributed by atoms with E-state index in [0.717, 1.165) is 18.4 Å². The molecule has 2 aromatic carbocycles. The van der Waals surface area contributed by atoms with E-state index in [1.165, 1.54) is 12.1 Å². The van der Waals surface area contributed by atoms with Crippen molar-refractivity contribution in [3.8, 4) is 5.75 Å². The molecule has 0 saturated heterocycles. The molecule has 0 fully saturated rings. The number of ether oxygens (including phenoxy) is 1. The van der Waals surface area contributed by atoms with E-state index in [4.69, 9.17) is 4.74 Å². The summed E-state index contributed by atoms with van der Waals surface area (Å²) in [6.07, 6.45) is 2.10. The summed E-state index contributed by atoms with van der Waals surface area (Å²) in [7, 11) is -4.12. The number of unbranched alkanes of at least 4 members (excludes halogenated alkanes) is 2. The van der Waals surface area contributed by atoms with Gasteiger partial charge in [-0.3, -0.25) is 5.32 Å². The van der Waals surface area contributed by atoms with Gasteiger partial charge < -0.3 is 10.1 Å². The molecule has 0 radical (unpaired) electrons. The van der Waals surface area contributed by atoms with Crippen molar-refractivity contribution in [2.75, 3.05) is 18.5 Å². The third-order valence-corrected chi connectivity index (χ3v) is 6.25. The molecule has 2 aromatic rings. The fourth-order valence-electron chi connectivity index (χ4n) is 2.84. The summed E-state index contributed by atoms with van der Waals surface area (Å²) in [5.74, 6) is 0.444. The fourth-order valence-corrected chi connectivity index (χ4v) is 4.21. The number of carbonyl (C=O) groups excluding carboxylic acids is 2. The van der Waals surface area contributed by atoms with E-state index in [2.05, 4.69) is 10.6 Å². The van der Waals surface area contributed by atoms with E-state index in [-0.39, 0.29) is 11.4 Å². The molecular weight excluding hydrogens is 418 g/mol. The normalized spacial score (nSPS) is 10.9. The Bertz CT molecular complexity index is 990. The number of aryl methyl sites for hydroxylation is 1. The number of nitrogens with one attached hydrogen (secondary N) is 2. The number of imide groups is 1. The van der Waals surface area contributed by atoms with Gasteiger partial charge in [-0.05, 0) is 44.5 Å². The number of carbonyl (C=O) groups is 2. The van der Waals surface area contributed by atoms with Crippen molar-refractivity contribution >= 4 is 27.8 Å². The minimum atomic E-state index is -4.12. The Morgan fingerprint density at radius 1 is 1.00 bits per heavy atom. The summed E-state index contributed by atoms with van der Waals surface area (Å²) >= 11 is 0. The molecule has 0 aromatic heterocycles. The van der Waals surface area contributed by atoms with Gasteiger partial charge in [-0.2, -0.15) is 0 Å². The minimum absolute atomic E-state index is 0.00755. The quantitative estimate of drug-likeness (QED) is 0.550. The molecule has 168 valence electrons. The second kappa shape index (κ2) is 11.4. The van der Waals surface area contributed by atoms with E-state index >= 15 is 0 Å². The van der Waals surface area contributed by atoms with Crippen LogP contribution in [-0.2, 0) is 10.0 Å². The Labute approximate surface area is 183 Å². The van der Waals surface area contributed by atoms with Gasteiger partial charge in [-0.1, -0.05) is 49.6 Å². The molecule has 0 unspecified atom stereocenters. The molecule has 2 rings (SSSR count). The highest BCUT2D eigenvalue weighted by Gasteiger charge is 2.30. The van der Waals surface area contributed by atoms with Gasteiger partial charge in [0.25, 0.3) is 10.0 Å². The number of urea groups is 2. The third-order valence-electron chi connectivity index (χ3n) is 4.46. The zero-order chi connectivity index (χ0) is 22.9. The van der Waals surface area contributed by atoms with Crippen molar-refractivity contribution in [2.45, 2.75) is 44.9 Å². The van der Waals surface area contributed by atoms with Gasteiger partial charge in [0, 0.05) is 6.54 Å². The van der Waals surface area contributed by atoms with E-state index in [1.807, 2.05) is 20.8 Å². The molecule has 0 atom stereocenters. The second-order valence-electron chi connectivity index (χ2n) is 6.91. The van der Waals surface area contributed by atoms with Crippen LogP contribution in [0.5, 0.6) is 5.75 Å². The lowest BCUT2D eigenvalue weighted by Crippen LogP contribution is -2.47. The first-order chi connectivity index (χ1) is 14.8. The van der Waals surface area contributed by atoms with Crippen LogP contribution in [0, 0.1) is 6.92 Å². The van der Waals surface area contributed by atoms with Gasteiger partial charge in [0.15, 0.2) is 0 Å². The van der Waals surface area contributed by atoms with E-state index in [9.17, 15) is 18.0 Å². The molecule has 0 aliphatic rings. The van der Waals surface area contributed by atoms with Crippen molar-refractivity contribution < 1.29 is 22.7 Å². The Kier molecular flexibility index (Phi) is 8.87. The number of benzene rings is 2. The smallest absolute Gasteiger partial charge is 0.339 e. The van der Waals surface area contributed by atoms with Gasteiger partial charge in [0.05, 0.1) is 17.2 Å². The molecule has 0 heterocycles. The van der Waals surface area contributed by atoms with Crippen LogP contribution in [0.1, 0.15) is 38.7 Å². The van der Waals surface area contributed by atoms with Gasteiger partial charge in [0.1, 0.15) is 5.75 Å². The number of hydrogen-bond acceptors (Lipinski definition) is 5. The van der Waals surface area contributed by atoms with Crippen LogP contribution < -0.4 is 15.4 Å². The van der Waals surface area contributed by atoms with Crippen LogP contribution >= 0.6 is 0 Å². The van der Waals surface area contributed by atoms with Crippen LogP contribution in [0.4, 0.5) is 15.3 Å². The standard InChI is InChI=1S/C22H29N3O5S/c1-4-6-9-16-25(31(28,29)18-14-12-17(3)13-15-18)22(27)24-21(26)23-19-10-7-8-11-20(19)30-5-2/h7-8,10-15H,4-6,9,16H2,1-3H3,(H2,23,24,26,27). The van der Waals surface area contributed by atoms with Crippen molar-refractivity contribution in [3.63, 3.8) is 0 Å². The highest BCUT2D eigenvalue weighted by molar-refractivity contribution is 7.89. The lowest BCUT2D eigenvalue weighted by molar-refractivity contribution is 0.218. The molecular formula is C22H29N3O5S. The number of para-hydroxylation sites is 2. The second-order valence-corrected chi connectivity index (χ2v) is 8.77. The maximum Gasteiger partial charge on any atom is 0.339 e. The van der Waals surface area contributed by atoms with Crippen molar-refractivity contribution in [2.24, 2.45) is 0 Å². The van der Waals surface area contributed by atoms with E-state index in [0.29, 0.717) is 28.8 Å². The summed E-state index contributed by atoms with van der Waals surface area (Å²) in [6, 6.07) is 11.1. The Balaban J connectivity index is 2.19. The first-order valence-electron chi connectivity index (χ1n) is 10.2. The number of hydrogen-bond donors (Lipinski definition) is 2. The molecule has 0 aliphatic heterocycles. The highest BCUT2D eigenvalue weighted by Crippen LogP contribution is 2.23. The first kappa shape index (κ1) is 24.2. The highest BCUT2D eigenvalue weighted by atomic mass is 32.2. The predicted octanol–water partition coefficient (Wildman–Crippen LogP) is 4.52. The van der Waals surface area contributed by atoms with Gasteiger partial charge in [-0.25, -0.2) is 22.3 Å². The summed E-state index contributed by atoms with van der Waals surface area (Å²) in [6.45, 7) is 6.00. The summed E-state index contributed by atoms with van der Waals surface area (Å²) in [5.41, 5.74) is 1.27. The average Bonchev–Trinajstić information content (AvgIpc) is 2.73. The molecule has 4 amide bonds. The minimum Gasteiger partial charge on any atom is -0.492 e. The van der Waals surface area contributed by atoms with Crippen LogP contribution in [0.15, 0.2) is 53.4 Å². The number of sulfonamides is 1. The van der Waals surface area contributed by atoms with E-state index < -0.39 is 22.1 Å². The van der Waals surface area contributed by atoms with Gasteiger partial charge in [0.2, 0.25) is 0 Å². The first-order valence-corrected chi connectivity index (χ1v) is 11.7. The van der Waals surface area contributed by atoms with E-state index in [1.54, 1.807) is 36.4 Å². The zero-order valence-electron chi connectivity index (χ0n) is 18.1. The third kappa shape index (κ3) is 6.71. The lowest BCUT2D eigenvalue weighted by atomic mass is 10.2. The predicted molar refractivity (Wildman–Crippen MR) is 120 cm³/mol. The molecule has 0 bridgehead atoms. The molecule has 2 N–H and O–H groups in total. The Morgan fingerprint density at radius 3 is 2.32 bits per heavy atom. The van der Waals surface area contributed by atoms with Crippen LogP contribution in [-0.4, -0.2) is 37.9 Å². The topological polar surface area (TPSA) is 105 Å². The summed E-state index contributed by atoms with van der Waals surface area (Å²) in [4.78, 5) is 25.2. The summed E-state index contributed by atoms with van der Waals surface area (Å²) in [5, 5.41) is 4.64. The Hall–Kier alpha value is -3.07. The maximum absolute atomic E-state index is 13.1. The number of amides is 4. The van der Waals surface area contributed by atoms with Crippen LogP contribution in [0.3, 0.4) is 0 Å². The number of nitrogens with zero attached hydrogens (tertiary/aromatic N) is 1. The Morgan fingerprint density at radius 2 is 1.68 bits per heavy atom. The molecule has 0 aliphatic carbocycles. The number of anilines is 1. The fraction of sp³-hybridized carbons (Fsp3) is 0.364. The molecule has 0 saturated carbocycles. The van der Waals surface area contributed by atoms with Crippen LogP contribution in [0.2, 0.25) is 0 Å².